The van der Waals surface area contributed by atoms with Gasteiger partial charge in [-0.15, -0.1) is 11.3 Å². The minimum Gasteiger partial charge on any atom is -0.487 e. The molecule has 0 aliphatic carbocycles. The average Bonchev–Trinajstić information content (AvgIpc) is 2.74. The molecule has 2 heterocycles. The molecule has 0 bridgehead atoms. The highest BCUT2D eigenvalue weighted by Gasteiger charge is 2.00. The first kappa shape index (κ1) is 11.0. The molecule has 2 aromatic heterocycles. The number of ether oxygens (including phenoxy) is 1. The van der Waals surface area contributed by atoms with Crippen molar-refractivity contribution in [1.82, 2.24) is 4.98 Å². The van der Waals surface area contributed by atoms with Crippen molar-refractivity contribution in [2.75, 3.05) is 12.4 Å². The van der Waals surface area contributed by atoms with Crippen LogP contribution in [0.4, 0.5) is 5.82 Å². The van der Waals surface area contributed by atoms with Crippen LogP contribution in [0.15, 0.2) is 30.5 Å². The number of rotatable bonds is 4. The van der Waals surface area contributed by atoms with Gasteiger partial charge < -0.3 is 10.1 Å². The zero-order valence-electron chi connectivity index (χ0n) is 9.36. The van der Waals surface area contributed by atoms with Crippen molar-refractivity contribution in [3.63, 3.8) is 0 Å². The van der Waals surface area contributed by atoms with Gasteiger partial charge in [0.2, 0.25) is 0 Å². The Morgan fingerprint density at radius 3 is 2.94 bits per heavy atom. The lowest BCUT2D eigenvalue weighted by atomic mass is 10.3. The summed E-state index contributed by atoms with van der Waals surface area (Å²) in [6.45, 7) is 2.84. The Hall–Kier alpha value is -1.55. The van der Waals surface area contributed by atoms with Gasteiger partial charge in [-0.2, -0.15) is 0 Å². The van der Waals surface area contributed by atoms with E-state index in [0.29, 0.717) is 0 Å². The lowest BCUT2D eigenvalue weighted by molar-refractivity contribution is 0.427. The molecule has 3 nitrogen and oxygen atoms in total. The van der Waals surface area contributed by atoms with Crippen LogP contribution in [0.25, 0.3) is 0 Å². The number of anilines is 1. The number of nitrogens with one attached hydrogen (secondary N) is 1. The van der Waals surface area contributed by atoms with E-state index in [-0.39, 0.29) is 0 Å². The van der Waals surface area contributed by atoms with Crippen LogP contribution in [0.5, 0.6) is 5.06 Å². The monoisotopic (exact) mass is 234 g/mol. The average molecular weight is 234 g/mol. The van der Waals surface area contributed by atoms with Crippen molar-refractivity contribution < 1.29 is 4.74 Å². The highest BCUT2D eigenvalue weighted by atomic mass is 32.1. The fourth-order valence-corrected chi connectivity index (χ4v) is 2.13. The molecule has 0 aliphatic heterocycles. The molecule has 0 amide bonds. The van der Waals surface area contributed by atoms with E-state index >= 15 is 0 Å². The van der Waals surface area contributed by atoms with Crippen LogP contribution in [0.1, 0.15) is 10.4 Å². The van der Waals surface area contributed by atoms with Crippen LogP contribution in [-0.4, -0.2) is 12.1 Å². The predicted octanol–water partition coefficient (Wildman–Crippen LogP) is 3.07. The number of pyridine rings is 1. The Morgan fingerprint density at radius 1 is 1.38 bits per heavy atom. The Morgan fingerprint density at radius 2 is 2.25 bits per heavy atom. The maximum absolute atomic E-state index is 5.14. The van der Waals surface area contributed by atoms with Crippen LogP contribution >= 0.6 is 11.3 Å². The molecular formula is C12H14N2OS. The van der Waals surface area contributed by atoms with E-state index in [1.807, 2.05) is 24.4 Å². The molecule has 2 rings (SSSR count). The van der Waals surface area contributed by atoms with Gasteiger partial charge in [-0.3, -0.25) is 0 Å². The summed E-state index contributed by atoms with van der Waals surface area (Å²) in [6, 6.07) is 8.06. The van der Waals surface area contributed by atoms with Crippen molar-refractivity contribution in [2.45, 2.75) is 13.5 Å². The van der Waals surface area contributed by atoms with E-state index in [2.05, 4.69) is 23.3 Å². The van der Waals surface area contributed by atoms with Crippen molar-refractivity contribution in [3.8, 4) is 5.06 Å². The minimum absolute atomic E-state index is 0.782. The predicted molar refractivity (Wildman–Crippen MR) is 67.2 cm³/mol. The standard InChI is InChI=1S/C12H14N2OS/c1-9-5-6-13-11(7-9)14-8-10-3-4-12(15-2)16-10/h3-7H,8H2,1-2H3,(H,13,14). The van der Waals surface area contributed by atoms with Gasteiger partial charge in [-0.05, 0) is 36.8 Å². The highest BCUT2D eigenvalue weighted by molar-refractivity contribution is 7.13. The minimum atomic E-state index is 0.782. The fourth-order valence-electron chi connectivity index (χ4n) is 1.37. The summed E-state index contributed by atoms with van der Waals surface area (Å²) in [5.74, 6) is 0.910. The van der Waals surface area contributed by atoms with Crippen LogP contribution in [0, 0.1) is 6.92 Å². The molecule has 0 radical (unpaired) electrons. The molecule has 1 N–H and O–H groups in total. The SMILES string of the molecule is COc1ccc(CNc2cc(C)ccn2)s1. The lowest BCUT2D eigenvalue weighted by Gasteiger charge is -2.03. The summed E-state index contributed by atoms with van der Waals surface area (Å²) < 4.78 is 5.14. The molecule has 16 heavy (non-hydrogen) atoms. The Kier molecular flexibility index (Phi) is 3.41. The van der Waals surface area contributed by atoms with E-state index < -0.39 is 0 Å². The summed E-state index contributed by atoms with van der Waals surface area (Å²) >= 11 is 1.64. The first-order valence-electron chi connectivity index (χ1n) is 5.07. The second-order valence-electron chi connectivity index (χ2n) is 3.50. The van der Waals surface area contributed by atoms with Crippen molar-refractivity contribution in [1.29, 1.82) is 0 Å². The van der Waals surface area contributed by atoms with Gasteiger partial charge in [0.25, 0.3) is 0 Å². The summed E-state index contributed by atoms with van der Waals surface area (Å²) in [7, 11) is 1.69. The molecule has 0 spiro atoms. The quantitative estimate of drug-likeness (QED) is 0.882. The molecule has 0 unspecified atom stereocenters. The van der Waals surface area contributed by atoms with Crippen molar-refractivity contribution >= 4 is 17.2 Å². The topological polar surface area (TPSA) is 34.1 Å². The van der Waals surface area contributed by atoms with Gasteiger partial charge in [0.1, 0.15) is 5.82 Å². The molecule has 0 atom stereocenters. The largest absolute Gasteiger partial charge is 0.487 e. The Labute approximate surface area is 99.1 Å². The van der Waals surface area contributed by atoms with Crippen molar-refractivity contribution in [2.24, 2.45) is 0 Å². The second kappa shape index (κ2) is 4.99. The van der Waals surface area contributed by atoms with Crippen LogP contribution in [0.3, 0.4) is 0 Å². The smallest absolute Gasteiger partial charge is 0.173 e. The van der Waals surface area contributed by atoms with E-state index in [4.69, 9.17) is 4.74 Å². The molecule has 0 saturated heterocycles. The Balaban J connectivity index is 1.96. The molecule has 84 valence electrons. The fraction of sp³-hybridized carbons (Fsp3) is 0.250. The number of nitrogens with zero attached hydrogens (tertiary/aromatic N) is 1. The number of aromatic nitrogens is 1. The number of hydrogen-bond acceptors (Lipinski definition) is 4. The molecule has 0 aliphatic rings. The zero-order valence-corrected chi connectivity index (χ0v) is 10.2. The summed E-state index contributed by atoms with van der Waals surface area (Å²) in [4.78, 5) is 5.48. The normalized spacial score (nSPS) is 10.1. The summed E-state index contributed by atoms with van der Waals surface area (Å²) in [5.41, 5.74) is 1.21. The molecule has 0 saturated carbocycles. The van der Waals surface area contributed by atoms with Gasteiger partial charge in [0, 0.05) is 11.1 Å². The summed E-state index contributed by atoms with van der Waals surface area (Å²) in [5, 5.41) is 4.22. The van der Waals surface area contributed by atoms with Crippen LogP contribution in [-0.2, 0) is 6.54 Å². The maximum Gasteiger partial charge on any atom is 0.173 e. The van der Waals surface area contributed by atoms with Crippen LogP contribution in [0.2, 0.25) is 0 Å². The first-order chi connectivity index (χ1) is 7.78. The highest BCUT2D eigenvalue weighted by Crippen LogP contribution is 2.24. The van der Waals surface area contributed by atoms with Crippen LogP contribution < -0.4 is 10.1 Å². The third-order valence-corrected chi connectivity index (χ3v) is 3.24. The van der Waals surface area contributed by atoms with Gasteiger partial charge in [-0.25, -0.2) is 4.98 Å². The van der Waals surface area contributed by atoms with E-state index in [0.717, 1.165) is 17.4 Å². The van der Waals surface area contributed by atoms with Gasteiger partial charge >= 0.3 is 0 Å². The molecule has 0 fully saturated rings. The lowest BCUT2D eigenvalue weighted by Crippen LogP contribution is -1.99. The third kappa shape index (κ3) is 2.73. The number of hydrogen-bond donors (Lipinski definition) is 1. The van der Waals surface area contributed by atoms with Gasteiger partial charge in [0.05, 0.1) is 13.7 Å². The molecule has 2 aromatic rings. The molecule has 0 aromatic carbocycles. The first-order valence-corrected chi connectivity index (χ1v) is 5.89. The van der Waals surface area contributed by atoms with Gasteiger partial charge in [-0.1, -0.05) is 0 Å². The van der Waals surface area contributed by atoms with E-state index in [1.54, 1.807) is 18.4 Å². The van der Waals surface area contributed by atoms with Gasteiger partial charge in [0.15, 0.2) is 5.06 Å². The van der Waals surface area contributed by atoms with E-state index in [9.17, 15) is 0 Å². The number of thiophene rings is 1. The molecule has 4 heteroatoms. The Bertz CT molecular complexity index is 468. The zero-order chi connectivity index (χ0) is 11.4. The second-order valence-corrected chi connectivity index (χ2v) is 4.63. The van der Waals surface area contributed by atoms with Crippen molar-refractivity contribution in [3.05, 3.63) is 40.9 Å². The summed E-state index contributed by atoms with van der Waals surface area (Å²) in [6.07, 6.45) is 1.81. The van der Waals surface area contributed by atoms with E-state index in [1.165, 1.54) is 10.4 Å². The maximum atomic E-state index is 5.14. The molecular weight excluding hydrogens is 220 g/mol. The third-order valence-electron chi connectivity index (χ3n) is 2.20. The number of methoxy groups -OCH3 is 1. The number of aryl methyl sites for hydroxylation is 1.